The van der Waals surface area contributed by atoms with Gasteiger partial charge in [-0.25, -0.2) is 4.39 Å². The third kappa shape index (κ3) is 3.25. The number of nitrogens with two attached hydrogens (primary N) is 1. The molecule has 0 fully saturated rings. The summed E-state index contributed by atoms with van der Waals surface area (Å²) in [5.74, 6) is -0.292. The standard InChI is InChI=1S/C10H13ClFNO/c1-7(14)5-13-6-8-9(11)3-2-4-10(8)12/h2-4,7,13-14H,5-6H2,1H3/p+1/t7-/m1/s1. The maximum Gasteiger partial charge on any atom is 0.133 e. The molecule has 0 aliphatic rings. The highest BCUT2D eigenvalue weighted by atomic mass is 35.5. The molecule has 0 radical (unpaired) electrons. The summed E-state index contributed by atoms with van der Waals surface area (Å²) in [4.78, 5) is 0. The largest absolute Gasteiger partial charge is 0.388 e. The fourth-order valence-electron chi connectivity index (χ4n) is 1.20. The van der Waals surface area contributed by atoms with Gasteiger partial charge in [-0.2, -0.15) is 0 Å². The van der Waals surface area contributed by atoms with Gasteiger partial charge < -0.3 is 10.4 Å². The van der Waals surface area contributed by atoms with Gasteiger partial charge in [-0.1, -0.05) is 17.7 Å². The van der Waals surface area contributed by atoms with E-state index in [0.29, 0.717) is 23.7 Å². The smallest absolute Gasteiger partial charge is 0.133 e. The van der Waals surface area contributed by atoms with Crippen LogP contribution in [0.3, 0.4) is 0 Å². The number of aliphatic hydroxyl groups is 1. The highest BCUT2D eigenvalue weighted by Gasteiger charge is 2.08. The van der Waals surface area contributed by atoms with Crippen molar-refractivity contribution >= 4 is 11.6 Å². The molecule has 78 valence electrons. The van der Waals surface area contributed by atoms with Crippen LogP contribution < -0.4 is 5.32 Å². The average molecular weight is 219 g/mol. The van der Waals surface area contributed by atoms with Gasteiger partial charge in [0.1, 0.15) is 18.9 Å². The molecule has 0 aliphatic heterocycles. The fourth-order valence-corrected chi connectivity index (χ4v) is 1.44. The van der Waals surface area contributed by atoms with Crippen LogP contribution in [-0.2, 0) is 6.54 Å². The summed E-state index contributed by atoms with van der Waals surface area (Å²) >= 11 is 5.82. The number of hydrogen-bond acceptors (Lipinski definition) is 1. The van der Waals surface area contributed by atoms with E-state index in [1.54, 1.807) is 19.1 Å². The molecule has 2 nitrogen and oxygen atoms in total. The molecule has 4 heteroatoms. The zero-order chi connectivity index (χ0) is 10.6. The fraction of sp³-hybridized carbons (Fsp3) is 0.400. The van der Waals surface area contributed by atoms with Crippen LogP contribution in [-0.4, -0.2) is 17.8 Å². The molecule has 0 saturated heterocycles. The topological polar surface area (TPSA) is 36.8 Å². The number of rotatable bonds is 4. The predicted molar refractivity (Wildman–Crippen MR) is 53.6 cm³/mol. The van der Waals surface area contributed by atoms with Crippen LogP contribution in [0.2, 0.25) is 5.02 Å². The van der Waals surface area contributed by atoms with Crippen LogP contribution >= 0.6 is 11.6 Å². The van der Waals surface area contributed by atoms with E-state index in [1.807, 2.05) is 5.32 Å². The molecule has 1 rings (SSSR count). The van der Waals surface area contributed by atoms with Crippen molar-refractivity contribution in [3.8, 4) is 0 Å². The van der Waals surface area contributed by atoms with E-state index in [2.05, 4.69) is 0 Å². The summed E-state index contributed by atoms with van der Waals surface area (Å²) in [6.07, 6.45) is -0.388. The van der Waals surface area contributed by atoms with Gasteiger partial charge in [-0.05, 0) is 19.1 Å². The van der Waals surface area contributed by atoms with E-state index < -0.39 is 0 Å². The van der Waals surface area contributed by atoms with Crippen molar-refractivity contribution in [3.05, 3.63) is 34.6 Å². The van der Waals surface area contributed by atoms with Gasteiger partial charge in [-0.3, -0.25) is 0 Å². The van der Waals surface area contributed by atoms with Crippen LogP contribution in [0.4, 0.5) is 4.39 Å². The lowest BCUT2D eigenvalue weighted by atomic mass is 10.2. The minimum Gasteiger partial charge on any atom is -0.388 e. The first-order valence-corrected chi connectivity index (χ1v) is 4.91. The molecule has 0 amide bonds. The van der Waals surface area contributed by atoms with Crippen LogP contribution in [0, 0.1) is 5.82 Å². The molecule has 3 N–H and O–H groups in total. The van der Waals surface area contributed by atoms with Gasteiger partial charge in [0.15, 0.2) is 0 Å². The van der Waals surface area contributed by atoms with Gasteiger partial charge in [0.05, 0.1) is 16.7 Å². The van der Waals surface area contributed by atoms with E-state index in [9.17, 15) is 4.39 Å². The molecule has 0 aromatic heterocycles. The van der Waals surface area contributed by atoms with Crippen LogP contribution in [0.15, 0.2) is 18.2 Å². The Morgan fingerprint density at radius 2 is 2.29 bits per heavy atom. The Morgan fingerprint density at radius 1 is 1.57 bits per heavy atom. The Morgan fingerprint density at radius 3 is 2.86 bits per heavy atom. The summed E-state index contributed by atoms with van der Waals surface area (Å²) in [6, 6.07) is 4.63. The lowest BCUT2D eigenvalue weighted by Gasteiger charge is -2.06. The van der Waals surface area contributed by atoms with Crippen molar-refractivity contribution in [2.75, 3.05) is 6.54 Å². The summed E-state index contributed by atoms with van der Waals surface area (Å²) in [7, 11) is 0. The zero-order valence-corrected chi connectivity index (χ0v) is 8.76. The second-order valence-electron chi connectivity index (χ2n) is 3.28. The van der Waals surface area contributed by atoms with Gasteiger partial charge in [0, 0.05) is 0 Å². The summed E-state index contributed by atoms with van der Waals surface area (Å²) in [5.41, 5.74) is 0.495. The van der Waals surface area contributed by atoms with E-state index in [1.165, 1.54) is 6.07 Å². The van der Waals surface area contributed by atoms with Crippen molar-refractivity contribution in [1.29, 1.82) is 0 Å². The van der Waals surface area contributed by atoms with Crippen molar-refractivity contribution in [2.45, 2.75) is 19.6 Å². The second-order valence-corrected chi connectivity index (χ2v) is 3.68. The van der Waals surface area contributed by atoms with Crippen molar-refractivity contribution < 1.29 is 14.8 Å². The molecule has 1 atom stereocenters. The maximum atomic E-state index is 13.2. The molecule has 0 bridgehead atoms. The summed E-state index contributed by atoms with van der Waals surface area (Å²) < 4.78 is 13.2. The van der Waals surface area contributed by atoms with Crippen LogP contribution in [0.5, 0.6) is 0 Å². The predicted octanol–water partition coefficient (Wildman–Crippen LogP) is 0.923. The Bertz CT molecular complexity index is 284. The number of aliphatic hydroxyl groups excluding tert-OH is 1. The first kappa shape index (κ1) is 11.4. The molecule has 0 spiro atoms. The molecule has 0 saturated carbocycles. The Hall–Kier alpha value is -0.640. The first-order valence-electron chi connectivity index (χ1n) is 4.54. The average Bonchev–Trinajstić information content (AvgIpc) is 2.09. The number of quaternary nitrogens is 1. The minimum atomic E-state index is -0.388. The maximum absolute atomic E-state index is 13.2. The van der Waals surface area contributed by atoms with E-state index >= 15 is 0 Å². The zero-order valence-electron chi connectivity index (χ0n) is 8.00. The number of benzene rings is 1. The van der Waals surface area contributed by atoms with E-state index in [4.69, 9.17) is 16.7 Å². The van der Waals surface area contributed by atoms with E-state index in [0.717, 1.165) is 0 Å². The van der Waals surface area contributed by atoms with Gasteiger partial charge in [0.25, 0.3) is 0 Å². The number of halogens is 2. The Labute approximate surface area is 87.7 Å². The molecular weight excluding hydrogens is 205 g/mol. The lowest BCUT2D eigenvalue weighted by molar-refractivity contribution is -0.676. The summed E-state index contributed by atoms with van der Waals surface area (Å²) in [6.45, 7) is 2.69. The molecule has 0 aliphatic carbocycles. The first-order chi connectivity index (χ1) is 6.61. The minimum absolute atomic E-state index is 0.292. The molecular formula is C10H14ClFNO+. The monoisotopic (exact) mass is 218 g/mol. The van der Waals surface area contributed by atoms with Crippen molar-refractivity contribution in [2.24, 2.45) is 0 Å². The molecule has 1 aromatic rings. The Kier molecular flexibility index (Phi) is 4.32. The molecule has 14 heavy (non-hydrogen) atoms. The lowest BCUT2D eigenvalue weighted by Crippen LogP contribution is -2.84. The van der Waals surface area contributed by atoms with Crippen molar-refractivity contribution in [3.63, 3.8) is 0 Å². The highest BCUT2D eigenvalue weighted by Crippen LogP contribution is 2.17. The second kappa shape index (κ2) is 5.29. The molecule has 1 aromatic carbocycles. The van der Waals surface area contributed by atoms with Crippen LogP contribution in [0.25, 0.3) is 0 Å². The SMILES string of the molecule is C[C@@H](O)C[NH2+]Cc1c(F)cccc1Cl. The van der Waals surface area contributed by atoms with E-state index in [-0.39, 0.29) is 11.9 Å². The quantitative estimate of drug-likeness (QED) is 0.775. The number of hydrogen-bond donors (Lipinski definition) is 2. The normalized spacial score (nSPS) is 12.9. The third-order valence-electron chi connectivity index (χ3n) is 1.92. The van der Waals surface area contributed by atoms with Gasteiger partial charge in [0.2, 0.25) is 0 Å². The summed E-state index contributed by atoms with van der Waals surface area (Å²) in [5, 5.41) is 11.3. The molecule has 0 unspecified atom stereocenters. The van der Waals surface area contributed by atoms with Crippen LogP contribution in [0.1, 0.15) is 12.5 Å². The highest BCUT2D eigenvalue weighted by molar-refractivity contribution is 6.31. The Balaban J connectivity index is 2.58. The van der Waals surface area contributed by atoms with Gasteiger partial charge >= 0.3 is 0 Å². The van der Waals surface area contributed by atoms with Crippen molar-refractivity contribution in [1.82, 2.24) is 0 Å². The molecule has 0 heterocycles. The van der Waals surface area contributed by atoms with Gasteiger partial charge in [-0.15, -0.1) is 0 Å². The third-order valence-corrected chi connectivity index (χ3v) is 2.27.